The van der Waals surface area contributed by atoms with Gasteiger partial charge in [-0.3, -0.25) is 14.4 Å². The van der Waals surface area contributed by atoms with Crippen LogP contribution in [0.15, 0.2) is 78.5 Å². The Morgan fingerprint density at radius 2 is 1.36 bits per heavy atom. The number of amides is 1. The number of Topliss-reactive ketones (excluding diaryl/α,β-unsaturated/α-hetero) is 2. The molecule has 1 aliphatic carbocycles. The number of ketones is 2. The molecule has 5 nitrogen and oxygen atoms in total. The van der Waals surface area contributed by atoms with Gasteiger partial charge in [-0.2, -0.15) is 0 Å². The number of allylic oxidation sites excluding steroid dienone is 2. The topological polar surface area (TPSA) is 72.5 Å². The molecule has 0 saturated heterocycles. The minimum absolute atomic E-state index is 0.0344. The third-order valence-corrected chi connectivity index (χ3v) is 4.85. The van der Waals surface area contributed by atoms with Gasteiger partial charge in [0.25, 0.3) is 5.91 Å². The molecule has 0 aliphatic heterocycles. The number of halogens is 4. The highest BCUT2D eigenvalue weighted by molar-refractivity contribution is 6.41. The van der Waals surface area contributed by atoms with Crippen LogP contribution in [0.3, 0.4) is 0 Å². The first kappa shape index (κ1) is 21.9. The highest BCUT2D eigenvalue weighted by Gasteiger charge is 2.35. The number of fused-ring (bicyclic) bond motifs is 1. The fraction of sp³-hybridized carbons (Fsp3) is 0.0417. The van der Waals surface area contributed by atoms with Crippen molar-refractivity contribution in [3.63, 3.8) is 0 Å². The maximum absolute atomic E-state index is 14.1. The number of benzene rings is 3. The quantitative estimate of drug-likeness (QED) is 0.566. The second-order valence-corrected chi connectivity index (χ2v) is 6.96. The van der Waals surface area contributed by atoms with E-state index in [-0.39, 0.29) is 27.8 Å². The maximum Gasteiger partial charge on any atom is 0.573 e. The monoisotopic (exact) mass is 455 g/mol. The van der Waals surface area contributed by atoms with Crippen molar-refractivity contribution >= 4 is 23.0 Å². The summed E-state index contributed by atoms with van der Waals surface area (Å²) < 4.78 is 55.3. The summed E-state index contributed by atoms with van der Waals surface area (Å²) in [6, 6.07) is 15.3. The van der Waals surface area contributed by atoms with Gasteiger partial charge in [-0.05, 0) is 29.8 Å². The molecule has 0 heterocycles. The normalized spacial score (nSPS) is 13.6. The SMILES string of the molecule is O=C(NC1=C(c2ccc(OC(F)(F)F)cc2)C(=O)c2ccccc2C1=O)c1ccccc1F. The number of alkyl halides is 3. The fourth-order valence-electron chi connectivity index (χ4n) is 3.42. The Balaban J connectivity index is 1.81. The summed E-state index contributed by atoms with van der Waals surface area (Å²) in [7, 11) is 0. The Bertz CT molecular complexity index is 1310. The van der Waals surface area contributed by atoms with Crippen LogP contribution in [0, 0.1) is 5.82 Å². The van der Waals surface area contributed by atoms with E-state index < -0.39 is 41.1 Å². The second kappa shape index (κ2) is 8.34. The molecule has 3 aromatic carbocycles. The predicted octanol–water partition coefficient (Wildman–Crippen LogP) is 4.94. The minimum atomic E-state index is -4.91. The van der Waals surface area contributed by atoms with E-state index in [0.717, 1.165) is 30.3 Å². The van der Waals surface area contributed by atoms with Crippen molar-refractivity contribution in [1.82, 2.24) is 5.32 Å². The molecular formula is C24H13F4NO4. The van der Waals surface area contributed by atoms with E-state index in [1.165, 1.54) is 36.4 Å². The Hall–Kier alpha value is -4.27. The first-order valence-electron chi connectivity index (χ1n) is 9.50. The molecule has 0 aromatic heterocycles. The van der Waals surface area contributed by atoms with Crippen LogP contribution >= 0.6 is 0 Å². The van der Waals surface area contributed by atoms with Gasteiger partial charge in [0.05, 0.1) is 11.1 Å². The number of ether oxygens (including phenoxy) is 1. The fourth-order valence-corrected chi connectivity index (χ4v) is 3.42. The molecule has 0 unspecified atom stereocenters. The van der Waals surface area contributed by atoms with E-state index in [0.29, 0.717) is 0 Å². The standard InChI is InChI=1S/C24H13F4NO4/c25-18-8-4-3-7-17(18)23(32)29-20-19(13-9-11-14(12-10-13)33-24(26,27)28)21(30)15-5-1-2-6-16(15)22(20)31/h1-12H,(H,29,32). The smallest absolute Gasteiger partial charge is 0.406 e. The van der Waals surface area contributed by atoms with Gasteiger partial charge in [-0.25, -0.2) is 4.39 Å². The summed E-state index contributed by atoms with van der Waals surface area (Å²) in [5, 5.41) is 2.32. The molecule has 0 bridgehead atoms. The van der Waals surface area contributed by atoms with E-state index >= 15 is 0 Å². The van der Waals surface area contributed by atoms with Gasteiger partial charge in [0.15, 0.2) is 5.78 Å². The Morgan fingerprint density at radius 1 is 0.788 bits per heavy atom. The van der Waals surface area contributed by atoms with Crippen LogP contribution in [0.4, 0.5) is 17.6 Å². The Labute approximate surface area is 184 Å². The number of nitrogens with one attached hydrogen (secondary N) is 1. The molecule has 0 atom stereocenters. The van der Waals surface area contributed by atoms with Crippen LogP contribution in [0.25, 0.3) is 5.57 Å². The summed E-state index contributed by atoms with van der Waals surface area (Å²) in [5.41, 5.74) is -0.818. The Morgan fingerprint density at radius 3 is 1.97 bits per heavy atom. The third-order valence-electron chi connectivity index (χ3n) is 4.85. The van der Waals surface area contributed by atoms with Crippen LogP contribution in [-0.4, -0.2) is 23.8 Å². The van der Waals surface area contributed by atoms with Gasteiger partial charge in [0.1, 0.15) is 17.3 Å². The van der Waals surface area contributed by atoms with Gasteiger partial charge < -0.3 is 10.1 Å². The van der Waals surface area contributed by atoms with Crippen LogP contribution in [0.5, 0.6) is 5.75 Å². The molecule has 0 radical (unpaired) electrons. The zero-order valence-corrected chi connectivity index (χ0v) is 16.6. The zero-order valence-electron chi connectivity index (χ0n) is 16.6. The lowest BCUT2D eigenvalue weighted by Gasteiger charge is -2.22. The predicted molar refractivity (Wildman–Crippen MR) is 109 cm³/mol. The molecular weight excluding hydrogens is 442 g/mol. The van der Waals surface area contributed by atoms with Gasteiger partial charge in [-0.1, -0.05) is 48.5 Å². The van der Waals surface area contributed by atoms with Crippen LogP contribution in [0.2, 0.25) is 0 Å². The van der Waals surface area contributed by atoms with Gasteiger partial charge in [0.2, 0.25) is 5.78 Å². The molecule has 1 aliphatic rings. The summed E-state index contributed by atoms with van der Waals surface area (Å²) in [4.78, 5) is 39.1. The summed E-state index contributed by atoms with van der Waals surface area (Å²) >= 11 is 0. The lowest BCUT2D eigenvalue weighted by molar-refractivity contribution is -0.274. The van der Waals surface area contributed by atoms with Crippen LogP contribution in [0.1, 0.15) is 36.6 Å². The van der Waals surface area contributed by atoms with E-state index in [2.05, 4.69) is 10.1 Å². The summed E-state index contributed by atoms with van der Waals surface area (Å²) in [6.07, 6.45) is -4.91. The number of hydrogen-bond acceptors (Lipinski definition) is 4. The van der Waals surface area contributed by atoms with Gasteiger partial charge >= 0.3 is 6.36 Å². The first-order chi connectivity index (χ1) is 15.7. The first-order valence-corrected chi connectivity index (χ1v) is 9.50. The third kappa shape index (κ3) is 4.38. The average molecular weight is 455 g/mol. The molecule has 9 heteroatoms. The second-order valence-electron chi connectivity index (χ2n) is 6.96. The highest BCUT2D eigenvalue weighted by atomic mass is 19.4. The molecule has 166 valence electrons. The van der Waals surface area contributed by atoms with Crippen molar-refractivity contribution in [3.8, 4) is 5.75 Å². The molecule has 1 amide bonds. The van der Waals surface area contributed by atoms with Gasteiger partial charge in [0, 0.05) is 11.1 Å². The summed E-state index contributed by atoms with van der Waals surface area (Å²) in [5.74, 6) is -3.64. The van der Waals surface area contributed by atoms with Crippen molar-refractivity contribution in [2.45, 2.75) is 6.36 Å². The molecule has 4 rings (SSSR count). The van der Waals surface area contributed by atoms with E-state index in [9.17, 15) is 31.9 Å². The number of rotatable bonds is 4. The lowest BCUT2D eigenvalue weighted by atomic mass is 9.84. The van der Waals surface area contributed by atoms with E-state index in [1.54, 1.807) is 6.07 Å². The summed E-state index contributed by atoms with van der Waals surface area (Å²) in [6.45, 7) is 0. The van der Waals surface area contributed by atoms with Crippen LogP contribution in [-0.2, 0) is 0 Å². The van der Waals surface area contributed by atoms with Crippen molar-refractivity contribution in [2.24, 2.45) is 0 Å². The average Bonchev–Trinajstić information content (AvgIpc) is 2.77. The molecule has 3 aromatic rings. The number of carbonyl (C=O) groups excluding carboxylic acids is 3. The van der Waals surface area contributed by atoms with Gasteiger partial charge in [-0.15, -0.1) is 13.2 Å². The van der Waals surface area contributed by atoms with Crippen LogP contribution < -0.4 is 10.1 Å². The molecule has 0 saturated carbocycles. The highest BCUT2D eigenvalue weighted by Crippen LogP contribution is 2.33. The number of carbonyl (C=O) groups is 3. The largest absolute Gasteiger partial charge is 0.573 e. The van der Waals surface area contributed by atoms with Crippen molar-refractivity contribution in [1.29, 1.82) is 0 Å². The lowest BCUT2D eigenvalue weighted by Crippen LogP contribution is -2.34. The molecule has 0 fully saturated rings. The molecule has 1 N–H and O–H groups in total. The zero-order chi connectivity index (χ0) is 23.8. The molecule has 33 heavy (non-hydrogen) atoms. The maximum atomic E-state index is 14.1. The van der Waals surface area contributed by atoms with Crippen molar-refractivity contribution in [2.75, 3.05) is 0 Å². The number of hydrogen-bond donors (Lipinski definition) is 1. The Kier molecular flexibility index (Phi) is 5.55. The van der Waals surface area contributed by atoms with E-state index in [1.807, 2.05) is 0 Å². The van der Waals surface area contributed by atoms with Crippen molar-refractivity contribution < 1.29 is 36.7 Å². The minimum Gasteiger partial charge on any atom is -0.406 e. The van der Waals surface area contributed by atoms with Crippen molar-refractivity contribution in [3.05, 3.63) is 107 Å². The molecule has 0 spiro atoms. The van der Waals surface area contributed by atoms with E-state index in [4.69, 9.17) is 0 Å².